The Bertz CT molecular complexity index is 375. The molecule has 0 amide bonds. The van der Waals surface area contributed by atoms with Gasteiger partial charge in [-0.1, -0.05) is 38.0 Å². The van der Waals surface area contributed by atoms with E-state index in [9.17, 15) is 0 Å². The molecule has 1 aromatic rings. The van der Waals surface area contributed by atoms with Gasteiger partial charge in [-0.15, -0.1) is 0 Å². The summed E-state index contributed by atoms with van der Waals surface area (Å²) in [5.41, 5.74) is 0. The molecule has 114 valence electrons. The topological polar surface area (TPSA) is 154 Å². The van der Waals surface area contributed by atoms with E-state index in [4.69, 9.17) is 22.3 Å². The van der Waals surface area contributed by atoms with Gasteiger partial charge in [0.05, 0.1) is 6.61 Å². The zero-order valence-corrected chi connectivity index (χ0v) is 12.0. The third-order valence-corrected chi connectivity index (χ3v) is 1.76. The molecule has 0 atom stereocenters. The SMILES string of the molecule is CCCCCOc1ccccc1.N.N.O=S(=O)(O)O. The van der Waals surface area contributed by atoms with E-state index in [1.807, 2.05) is 30.3 Å². The first-order chi connectivity index (χ1) is 7.93. The zero-order valence-electron chi connectivity index (χ0n) is 11.2. The molecule has 0 saturated heterocycles. The molecule has 0 unspecified atom stereocenters. The second-order valence-corrected chi connectivity index (χ2v) is 4.21. The van der Waals surface area contributed by atoms with Gasteiger partial charge in [0.15, 0.2) is 0 Å². The van der Waals surface area contributed by atoms with Gasteiger partial charge in [-0.25, -0.2) is 0 Å². The Morgan fingerprint density at radius 2 is 1.53 bits per heavy atom. The summed E-state index contributed by atoms with van der Waals surface area (Å²) in [4.78, 5) is 0. The molecule has 0 bridgehead atoms. The number of rotatable bonds is 5. The van der Waals surface area contributed by atoms with Gasteiger partial charge >= 0.3 is 10.4 Å². The molecule has 0 aromatic heterocycles. The standard InChI is InChI=1S/C11H16O.2H3N.H2O4S/c1-2-3-7-10-12-11-8-5-4-6-9-11;;;1-5(2,3)4/h4-6,8-9H,2-3,7,10H2,1H3;2*1H3;(H2,1,2,3,4). The van der Waals surface area contributed by atoms with E-state index in [2.05, 4.69) is 6.92 Å². The van der Waals surface area contributed by atoms with Crippen LogP contribution in [0.15, 0.2) is 30.3 Å². The summed E-state index contributed by atoms with van der Waals surface area (Å²) in [6.07, 6.45) is 3.66. The predicted molar refractivity (Wildman–Crippen MR) is 75.7 cm³/mol. The zero-order chi connectivity index (χ0) is 13.1. The lowest BCUT2D eigenvalue weighted by Gasteiger charge is -2.04. The van der Waals surface area contributed by atoms with Crippen LogP contribution in [-0.4, -0.2) is 24.1 Å². The van der Waals surface area contributed by atoms with Crippen LogP contribution in [0.2, 0.25) is 0 Å². The number of benzene rings is 1. The van der Waals surface area contributed by atoms with Gasteiger partial charge in [0.25, 0.3) is 0 Å². The number of ether oxygens (including phenoxy) is 1. The van der Waals surface area contributed by atoms with Crippen molar-refractivity contribution in [1.82, 2.24) is 12.3 Å². The van der Waals surface area contributed by atoms with Crippen molar-refractivity contribution >= 4 is 10.4 Å². The smallest absolute Gasteiger partial charge is 0.394 e. The minimum Gasteiger partial charge on any atom is -0.494 e. The van der Waals surface area contributed by atoms with Gasteiger partial charge in [0.1, 0.15) is 5.75 Å². The van der Waals surface area contributed by atoms with Crippen LogP contribution >= 0.6 is 0 Å². The van der Waals surface area contributed by atoms with Crippen LogP contribution in [0.3, 0.4) is 0 Å². The van der Waals surface area contributed by atoms with Crippen molar-refractivity contribution in [1.29, 1.82) is 0 Å². The first-order valence-electron chi connectivity index (χ1n) is 5.31. The first kappa shape index (κ1) is 22.9. The molecular weight excluding hydrogens is 272 g/mol. The summed E-state index contributed by atoms with van der Waals surface area (Å²) in [5, 5.41) is 0. The lowest BCUT2D eigenvalue weighted by molar-refractivity contribution is 0.306. The summed E-state index contributed by atoms with van der Waals surface area (Å²) in [5.74, 6) is 0.980. The molecule has 8 N–H and O–H groups in total. The van der Waals surface area contributed by atoms with Crippen LogP contribution < -0.4 is 17.0 Å². The van der Waals surface area contributed by atoms with E-state index in [-0.39, 0.29) is 12.3 Å². The molecule has 0 aliphatic rings. The first-order valence-corrected chi connectivity index (χ1v) is 6.71. The second kappa shape index (κ2) is 13.2. The minimum absolute atomic E-state index is 0. The van der Waals surface area contributed by atoms with Crippen molar-refractivity contribution in [3.63, 3.8) is 0 Å². The fraction of sp³-hybridized carbons (Fsp3) is 0.455. The molecule has 0 aliphatic carbocycles. The van der Waals surface area contributed by atoms with E-state index in [1.165, 1.54) is 12.8 Å². The summed E-state index contributed by atoms with van der Waals surface area (Å²) in [7, 11) is -4.67. The van der Waals surface area contributed by atoms with Crippen molar-refractivity contribution < 1.29 is 22.3 Å². The average Bonchev–Trinajstić information content (AvgIpc) is 2.24. The lowest BCUT2D eigenvalue weighted by Crippen LogP contribution is -1.96. The molecule has 0 spiro atoms. The molecule has 7 nitrogen and oxygen atoms in total. The minimum atomic E-state index is -4.67. The Balaban J connectivity index is -0.000000320. The maximum absolute atomic E-state index is 8.74. The highest BCUT2D eigenvalue weighted by Crippen LogP contribution is 2.08. The number of hydrogen-bond acceptors (Lipinski definition) is 5. The van der Waals surface area contributed by atoms with Crippen molar-refractivity contribution in [2.24, 2.45) is 0 Å². The van der Waals surface area contributed by atoms with Gasteiger partial charge < -0.3 is 17.0 Å². The largest absolute Gasteiger partial charge is 0.494 e. The fourth-order valence-corrected chi connectivity index (χ4v) is 1.06. The maximum Gasteiger partial charge on any atom is 0.394 e. The highest BCUT2D eigenvalue weighted by atomic mass is 32.3. The molecule has 0 fully saturated rings. The Labute approximate surface area is 114 Å². The molecule has 0 aliphatic heterocycles. The summed E-state index contributed by atoms with van der Waals surface area (Å²) < 4.78 is 37.1. The van der Waals surface area contributed by atoms with Gasteiger partial charge in [-0.3, -0.25) is 9.11 Å². The summed E-state index contributed by atoms with van der Waals surface area (Å²) >= 11 is 0. The van der Waals surface area contributed by atoms with Crippen LogP contribution in [-0.2, 0) is 10.4 Å². The predicted octanol–water partition coefficient (Wildman–Crippen LogP) is 2.93. The number of para-hydroxylation sites is 1. The van der Waals surface area contributed by atoms with Crippen molar-refractivity contribution in [3.8, 4) is 5.75 Å². The maximum atomic E-state index is 8.74. The van der Waals surface area contributed by atoms with E-state index in [1.54, 1.807) is 0 Å². The van der Waals surface area contributed by atoms with Crippen LogP contribution in [0.4, 0.5) is 0 Å². The third kappa shape index (κ3) is 22.5. The quantitative estimate of drug-likeness (QED) is 0.481. The highest BCUT2D eigenvalue weighted by molar-refractivity contribution is 7.79. The van der Waals surface area contributed by atoms with Crippen LogP contribution in [0.5, 0.6) is 5.75 Å². The van der Waals surface area contributed by atoms with Crippen molar-refractivity contribution in [3.05, 3.63) is 30.3 Å². The highest BCUT2D eigenvalue weighted by Gasteiger charge is 1.89. The van der Waals surface area contributed by atoms with Crippen LogP contribution in [0.1, 0.15) is 26.2 Å². The lowest BCUT2D eigenvalue weighted by atomic mass is 10.3. The van der Waals surface area contributed by atoms with Gasteiger partial charge in [0.2, 0.25) is 0 Å². The van der Waals surface area contributed by atoms with Crippen LogP contribution in [0, 0.1) is 0 Å². The van der Waals surface area contributed by atoms with E-state index in [0.717, 1.165) is 18.8 Å². The van der Waals surface area contributed by atoms with Gasteiger partial charge in [0, 0.05) is 0 Å². The second-order valence-electron chi connectivity index (χ2n) is 3.32. The Hall–Kier alpha value is -1.19. The van der Waals surface area contributed by atoms with Crippen LogP contribution in [0.25, 0.3) is 0 Å². The van der Waals surface area contributed by atoms with Gasteiger partial charge in [-0.2, -0.15) is 8.42 Å². The Kier molecular flexibility index (Phi) is 16.0. The van der Waals surface area contributed by atoms with E-state index < -0.39 is 10.4 Å². The van der Waals surface area contributed by atoms with Crippen molar-refractivity contribution in [2.45, 2.75) is 26.2 Å². The molecule has 0 heterocycles. The van der Waals surface area contributed by atoms with E-state index in [0.29, 0.717) is 0 Å². The summed E-state index contributed by atoms with van der Waals surface area (Å²) in [6, 6.07) is 9.97. The molecule has 1 aromatic carbocycles. The molecular formula is C11H24N2O5S. The van der Waals surface area contributed by atoms with E-state index >= 15 is 0 Å². The normalized spacial score (nSPS) is 9.21. The molecule has 0 saturated carbocycles. The van der Waals surface area contributed by atoms with Gasteiger partial charge in [-0.05, 0) is 18.6 Å². The number of unbranched alkanes of at least 4 members (excludes halogenated alkanes) is 2. The molecule has 0 radical (unpaired) electrons. The fourth-order valence-electron chi connectivity index (χ4n) is 1.06. The molecule has 1 rings (SSSR count). The Morgan fingerprint density at radius 3 is 1.95 bits per heavy atom. The molecule has 19 heavy (non-hydrogen) atoms. The summed E-state index contributed by atoms with van der Waals surface area (Å²) in [6.45, 7) is 3.04. The monoisotopic (exact) mass is 296 g/mol. The third-order valence-electron chi connectivity index (χ3n) is 1.76. The Morgan fingerprint density at radius 1 is 1.05 bits per heavy atom. The number of hydrogen-bond donors (Lipinski definition) is 4. The molecule has 8 heteroatoms. The average molecular weight is 296 g/mol. The van der Waals surface area contributed by atoms with Crippen molar-refractivity contribution in [2.75, 3.05) is 6.61 Å².